The molecular weight excluding hydrogens is 198 g/mol. The van der Waals surface area contributed by atoms with Gasteiger partial charge in [0.2, 0.25) is 0 Å². The van der Waals surface area contributed by atoms with E-state index >= 15 is 0 Å². The van der Waals surface area contributed by atoms with Gasteiger partial charge in [-0.2, -0.15) is 0 Å². The van der Waals surface area contributed by atoms with Crippen molar-refractivity contribution in [2.24, 2.45) is 0 Å². The summed E-state index contributed by atoms with van der Waals surface area (Å²) < 4.78 is 0. The van der Waals surface area contributed by atoms with Crippen molar-refractivity contribution < 1.29 is 0 Å². The first-order valence-corrected chi connectivity index (χ1v) is 5.07. The summed E-state index contributed by atoms with van der Waals surface area (Å²) in [5.74, 6) is 1.57. The Bertz CT molecular complexity index is 310. The lowest BCUT2D eigenvalue weighted by atomic mass is 10.0. The number of hydrogen-bond acceptors (Lipinski definition) is 3. The molecule has 0 aliphatic heterocycles. The Labute approximate surface area is 89.9 Å². The zero-order chi connectivity index (χ0) is 10.8. The Morgan fingerprint density at radius 3 is 2.64 bits per heavy atom. The van der Waals surface area contributed by atoms with Crippen LogP contribution in [0.15, 0.2) is 12.3 Å². The molecule has 0 saturated carbocycles. The molecule has 1 aromatic rings. The number of aromatic nitrogens is 2. The molecule has 0 bridgehead atoms. The number of hydrogen-bond donors (Lipinski definition) is 1. The van der Waals surface area contributed by atoms with Crippen LogP contribution in [0.5, 0.6) is 0 Å². The molecule has 1 aromatic heterocycles. The second-order valence-electron chi connectivity index (χ2n) is 3.95. The highest BCUT2D eigenvalue weighted by atomic mass is 35.5. The predicted molar refractivity (Wildman–Crippen MR) is 59.8 cm³/mol. The normalized spacial score (nSPS) is 13.8. The molecule has 3 nitrogen and oxygen atoms in total. The SMILES string of the molecule is Cc1nccc(NC(C)(C)C(C)Cl)n1. The van der Waals surface area contributed by atoms with Crippen molar-refractivity contribution in [3.63, 3.8) is 0 Å². The van der Waals surface area contributed by atoms with Crippen molar-refractivity contribution >= 4 is 17.4 Å². The second kappa shape index (κ2) is 4.13. The highest BCUT2D eigenvalue weighted by Gasteiger charge is 2.23. The Kier molecular flexibility index (Phi) is 3.32. The second-order valence-corrected chi connectivity index (χ2v) is 4.61. The van der Waals surface area contributed by atoms with E-state index in [0.29, 0.717) is 0 Å². The van der Waals surface area contributed by atoms with E-state index in [4.69, 9.17) is 11.6 Å². The molecule has 0 saturated heterocycles. The van der Waals surface area contributed by atoms with Gasteiger partial charge >= 0.3 is 0 Å². The van der Waals surface area contributed by atoms with E-state index in [-0.39, 0.29) is 10.9 Å². The Balaban J connectivity index is 2.78. The molecule has 0 radical (unpaired) electrons. The summed E-state index contributed by atoms with van der Waals surface area (Å²) in [5.41, 5.74) is -0.178. The fraction of sp³-hybridized carbons (Fsp3) is 0.600. The van der Waals surface area contributed by atoms with Gasteiger partial charge in [-0.1, -0.05) is 0 Å². The largest absolute Gasteiger partial charge is 0.364 e. The zero-order valence-corrected chi connectivity index (χ0v) is 9.76. The van der Waals surface area contributed by atoms with Crippen LogP contribution in [0.1, 0.15) is 26.6 Å². The topological polar surface area (TPSA) is 37.8 Å². The van der Waals surface area contributed by atoms with Crippen LogP contribution in [0.3, 0.4) is 0 Å². The number of alkyl halides is 1. The quantitative estimate of drug-likeness (QED) is 0.785. The molecule has 4 heteroatoms. The molecule has 0 amide bonds. The predicted octanol–water partition coefficient (Wildman–Crippen LogP) is 2.60. The minimum atomic E-state index is -0.178. The minimum absolute atomic E-state index is 0.0257. The molecule has 78 valence electrons. The lowest BCUT2D eigenvalue weighted by molar-refractivity contribution is 0.552. The smallest absolute Gasteiger partial charge is 0.130 e. The summed E-state index contributed by atoms with van der Waals surface area (Å²) in [7, 11) is 0. The molecule has 0 aliphatic carbocycles. The third-order valence-corrected chi connectivity index (χ3v) is 2.77. The van der Waals surface area contributed by atoms with E-state index in [1.807, 2.05) is 33.8 Å². The third-order valence-electron chi connectivity index (χ3n) is 2.22. The van der Waals surface area contributed by atoms with Gasteiger partial charge in [-0.25, -0.2) is 9.97 Å². The van der Waals surface area contributed by atoms with Crippen molar-refractivity contribution in [3.05, 3.63) is 18.1 Å². The van der Waals surface area contributed by atoms with E-state index < -0.39 is 0 Å². The number of rotatable bonds is 3. The summed E-state index contributed by atoms with van der Waals surface area (Å²) in [6, 6.07) is 1.84. The number of anilines is 1. The van der Waals surface area contributed by atoms with E-state index in [0.717, 1.165) is 11.6 Å². The van der Waals surface area contributed by atoms with Gasteiger partial charge in [-0.15, -0.1) is 11.6 Å². The van der Waals surface area contributed by atoms with Gasteiger partial charge < -0.3 is 5.32 Å². The van der Waals surface area contributed by atoms with Crippen LogP contribution in [0, 0.1) is 6.92 Å². The summed E-state index contributed by atoms with van der Waals surface area (Å²) >= 11 is 6.05. The molecule has 0 aliphatic rings. The molecule has 1 atom stereocenters. The average molecular weight is 214 g/mol. The number of nitrogens with one attached hydrogen (secondary N) is 1. The van der Waals surface area contributed by atoms with Crippen LogP contribution in [-0.4, -0.2) is 20.9 Å². The molecule has 1 rings (SSSR count). The van der Waals surface area contributed by atoms with Crippen LogP contribution in [0.2, 0.25) is 0 Å². The highest BCUT2D eigenvalue weighted by molar-refractivity contribution is 6.21. The Morgan fingerprint density at radius 1 is 1.50 bits per heavy atom. The fourth-order valence-electron chi connectivity index (χ4n) is 0.955. The Morgan fingerprint density at radius 2 is 2.14 bits per heavy atom. The van der Waals surface area contributed by atoms with Gasteiger partial charge in [0, 0.05) is 11.7 Å². The van der Waals surface area contributed by atoms with Crippen molar-refractivity contribution in [2.75, 3.05) is 5.32 Å². The van der Waals surface area contributed by atoms with Crippen LogP contribution in [0.25, 0.3) is 0 Å². The maximum absolute atomic E-state index is 6.05. The monoisotopic (exact) mass is 213 g/mol. The maximum atomic E-state index is 6.05. The zero-order valence-electron chi connectivity index (χ0n) is 9.00. The summed E-state index contributed by atoms with van der Waals surface area (Å²) in [6.07, 6.45) is 1.74. The van der Waals surface area contributed by atoms with Crippen LogP contribution in [-0.2, 0) is 0 Å². The number of aryl methyl sites for hydroxylation is 1. The van der Waals surface area contributed by atoms with Gasteiger partial charge in [0.1, 0.15) is 11.6 Å². The van der Waals surface area contributed by atoms with Crippen LogP contribution < -0.4 is 5.32 Å². The van der Waals surface area contributed by atoms with Crippen LogP contribution >= 0.6 is 11.6 Å². The minimum Gasteiger partial charge on any atom is -0.364 e. The van der Waals surface area contributed by atoms with Gasteiger partial charge in [0.05, 0.1) is 5.38 Å². The van der Waals surface area contributed by atoms with E-state index in [9.17, 15) is 0 Å². The summed E-state index contributed by atoms with van der Waals surface area (Å²) in [6.45, 7) is 7.91. The van der Waals surface area contributed by atoms with Crippen molar-refractivity contribution in [1.29, 1.82) is 0 Å². The maximum Gasteiger partial charge on any atom is 0.130 e. The molecule has 0 spiro atoms. The van der Waals surface area contributed by atoms with Gasteiger partial charge in [-0.05, 0) is 33.8 Å². The molecule has 0 fully saturated rings. The third kappa shape index (κ3) is 2.84. The fourth-order valence-corrected chi connectivity index (χ4v) is 1.01. The summed E-state index contributed by atoms with van der Waals surface area (Å²) in [5, 5.41) is 3.30. The van der Waals surface area contributed by atoms with E-state index in [2.05, 4.69) is 15.3 Å². The van der Waals surface area contributed by atoms with Gasteiger partial charge in [0.15, 0.2) is 0 Å². The lowest BCUT2D eigenvalue weighted by Gasteiger charge is -2.29. The van der Waals surface area contributed by atoms with Crippen molar-refractivity contribution in [2.45, 2.75) is 38.6 Å². The van der Waals surface area contributed by atoms with E-state index in [1.165, 1.54) is 0 Å². The van der Waals surface area contributed by atoms with Crippen molar-refractivity contribution in [3.8, 4) is 0 Å². The van der Waals surface area contributed by atoms with Gasteiger partial charge in [0.25, 0.3) is 0 Å². The van der Waals surface area contributed by atoms with Crippen LogP contribution in [0.4, 0.5) is 5.82 Å². The molecular formula is C10H16ClN3. The number of nitrogens with zero attached hydrogens (tertiary/aromatic N) is 2. The molecule has 0 aromatic carbocycles. The molecule has 1 heterocycles. The summed E-state index contributed by atoms with van der Waals surface area (Å²) in [4.78, 5) is 8.29. The number of halogens is 1. The first-order chi connectivity index (χ1) is 6.42. The average Bonchev–Trinajstić information content (AvgIpc) is 2.02. The highest BCUT2D eigenvalue weighted by Crippen LogP contribution is 2.19. The molecule has 1 unspecified atom stereocenters. The molecule has 14 heavy (non-hydrogen) atoms. The van der Waals surface area contributed by atoms with E-state index in [1.54, 1.807) is 6.20 Å². The first-order valence-electron chi connectivity index (χ1n) is 4.64. The van der Waals surface area contributed by atoms with Crippen molar-refractivity contribution in [1.82, 2.24) is 9.97 Å². The Hall–Kier alpha value is -0.830. The van der Waals surface area contributed by atoms with Gasteiger partial charge in [-0.3, -0.25) is 0 Å². The standard InChI is InChI=1S/C10H16ClN3/c1-7(11)10(3,4)14-9-5-6-12-8(2)13-9/h5-7H,1-4H3,(H,12,13,14). The molecule has 1 N–H and O–H groups in total. The lowest BCUT2D eigenvalue weighted by Crippen LogP contribution is -2.39. The first kappa shape index (κ1) is 11.2.